The van der Waals surface area contributed by atoms with Crippen LogP contribution in [0.3, 0.4) is 0 Å². The first-order valence-electron chi connectivity index (χ1n) is 6.94. The summed E-state index contributed by atoms with van der Waals surface area (Å²) in [6.45, 7) is 2.36. The van der Waals surface area contributed by atoms with Crippen LogP contribution in [-0.4, -0.2) is 45.6 Å². The second kappa shape index (κ2) is 5.87. The number of halogens is 1. The first-order valence-corrected chi connectivity index (χ1v) is 6.94. The molecule has 1 unspecified atom stereocenters. The summed E-state index contributed by atoms with van der Waals surface area (Å²) in [5.41, 5.74) is 1.20. The molecule has 6 nitrogen and oxygen atoms in total. The summed E-state index contributed by atoms with van der Waals surface area (Å²) < 4.78 is 24.9. The van der Waals surface area contributed by atoms with Crippen molar-refractivity contribution in [1.29, 1.82) is 0 Å². The van der Waals surface area contributed by atoms with Gasteiger partial charge in [0.05, 0.1) is 19.3 Å². The minimum Gasteiger partial charge on any atom is -0.423 e. The van der Waals surface area contributed by atoms with Gasteiger partial charge >= 0.3 is 6.09 Å². The Bertz CT molecular complexity index is 534. The summed E-state index contributed by atoms with van der Waals surface area (Å²) in [5.74, 6) is -0.315. The Morgan fingerprint density at radius 2 is 2.24 bits per heavy atom. The number of anilines is 1. The van der Waals surface area contributed by atoms with Gasteiger partial charge in [-0.1, -0.05) is 6.07 Å². The van der Waals surface area contributed by atoms with E-state index in [9.17, 15) is 9.18 Å². The summed E-state index contributed by atoms with van der Waals surface area (Å²) in [4.78, 5) is 12.8. The number of alkyl carbamates (subject to hydrolysis) is 1. The fourth-order valence-corrected chi connectivity index (χ4v) is 2.52. The van der Waals surface area contributed by atoms with Gasteiger partial charge in [-0.25, -0.2) is 9.18 Å². The van der Waals surface area contributed by atoms with Crippen molar-refractivity contribution in [2.24, 2.45) is 0 Å². The number of carbonyl (C=O) groups is 1. The first kappa shape index (κ1) is 14.1. The van der Waals surface area contributed by atoms with E-state index in [1.54, 1.807) is 18.0 Å². The van der Waals surface area contributed by atoms with E-state index in [1.807, 2.05) is 6.07 Å². The molecule has 1 amide bonds. The van der Waals surface area contributed by atoms with Crippen LogP contribution in [0.1, 0.15) is 11.7 Å². The lowest BCUT2D eigenvalue weighted by atomic mass is 10.1. The maximum absolute atomic E-state index is 14.3. The van der Waals surface area contributed by atoms with E-state index in [-0.39, 0.29) is 11.9 Å². The molecule has 2 heterocycles. The Kier molecular flexibility index (Phi) is 3.94. The number of morpholine rings is 1. The molecule has 2 aliphatic heterocycles. The van der Waals surface area contributed by atoms with Crippen LogP contribution < -0.4 is 15.5 Å². The fourth-order valence-electron chi connectivity index (χ4n) is 2.52. The van der Waals surface area contributed by atoms with Crippen molar-refractivity contribution in [3.8, 4) is 0 Å². The number of cyclic esters (lactones) is 1. The predicted octanol–water partition coefficient (Wildman–Crippen LogP) is 0.989. The van der Waals surface area contributed by atoms with E-state index < -0.39 is 12.3 Å². The highest BCUT2D eigenvalue weighted by Gasteiger charge is 2.27. The molecule has 0 aliphatic carbocycles. The third-order valence-electron chi connectivity index (χ3n) is 3.76. The molecule has 1 aromatic carbocycles. The Hall–Kier alpha value is -1.86. The van der Waals surface area contributed by atoms with Crippen LogP contribution in [0.4, 0.5) is 14.9 Å². The van der Waals surface area contributed by atoms with Crippen molar-refractivity contribution in [2.45, 2.75) is 12.3 Å². The largest absolute Gasteiger partial charge is 0.423 e. The molecular formula is C14H18FN3O3. The van der Waals surface area contributed by atoms with Crippen LogP contribution in [0.5, 0.6) is 0 Å². The molecule has 21 heavy (non-hydrogen) atoms. The van der Waals surface area contributed by atoms with Crippen LogP contribution in [0.2, 0.25) is 0 Å². The van der Waals surface area contributed by atoms with E-state index in [4.69, 9.17) is 9.47 Å². The molecule has 0 spiro atoms. The van der Waals surface area contributed by atoms with Gasteiger partial charge in [0.15, 0.2) is 6.23 Å². The molecule has 0 saturated carbocycles. The lowest BCUT2D eigenvalue weighted by molar-refractivity contribution is 0.0255. The van der Waals surface area contributed by atoms with E-state index in [0.717, 1.165) is 6.54 Å². The van der Waals surface area contributed by atoms with E-state index in [2.05, 4.69) is 10.6 Å². The van der Waals surface area contributed by atoms with Crippen molar-refractivity contribution in [1.82, 2.24) is 10.6 Å². The Balaban J connectivity index is 1.75. The summed E-state index contributed by atoms with van der Waals surface area (Å²) in [7, 11) is 1.76. The maximum Gasteiger partial charge on any atom is 0.409 e. The van der Waals surface area contributed by atoms with Crippen molar-refractivity contribution >= 4 is 11.8 Å². The highest BCUT2D eigenvalue weighted by molar-refractivity contribution is 5.70. The van der Waals surface area contributed by atoms with Gasteiger partial charge in [-0.3, -0.25) is 0 Å². The van der Waals surface area contributed by atoms with Gasteiger partial charge in [-0.05, 0) is 12.1 Å². The zero-order valence-corrected chi connectivity index (χ0v) is 11.8. The van der Waals surface area contributed by atoms with Crippen LogP contribution in [-0.2, 0) is 9.47 Å². The quantitative estimate of drug-likeness (QED) is 0.870. The van der Waals surface area contributed by atoms with Gasteiger partial charge in [-0.2, -0.15) is 0 Å². The molecule has 114 valence electrons. The van der Waals surface area contributed by atoms with Gasteiger partial charge in [0.25, 0.3) is 0 Å². The van der Waals surface area contributed by atoms with Gasteiger partial charge in [0, 0.05) is 31.4 Å². The third kappa shape index (κ3) is 2.93. The molecule has 2 aliphatic rings. The van der Waals surface area contributed by atoms with Gasteiger partial charge in [-0.15, -0.1) is 0 Å². The minimum atomic E-state index is -0.453. The average Bonchev–Trinajstić information content (AvgIpc) is 2.94. The third-order valence-corrected chi connectivity index (χ3v) is 3.76. The standard InChI is InChI=1S/C14H18FN3O3/c1-18(13-8-17-14(19)21-13)9-2-3-10(11(15)6-9)12-7-16-4-5-20-12/h2-3,6,12-13,16H,4-5,7-8H2,1H3,(H,17,19)/t12?,13-/m0/s1. The molecule has 2 N–H and O–H groups in total. The number of hydrogen-bond donors (Lipinski definition) is 2. The maximum atomic E-state index is 14.3. The molecule has 2 atom stereocenters. The van der Waals surface area contributed by atoms with E-state index >= 15 is 0 Å². The number of rotatable bonds is 3. The molecule has 0 radical (unpaired) electrons. The van der Waals surface area contributed by atoms with Crippen molar-refractivity contribution in [2.75, 3.05) is 38.2 Å². The lowest BCUT2D eigenvalue weighted by Crippen LogP contribution is -2.35. The van der Waals surface area contributed by atoms with Crippen LogP contribution in [0.25, 0.3) is 0 Å². The molecule has 0 bridgehead atoms. The van der Waals surface area contributed by atoms with Crippen molar-refractivity contribution in [3.63, 3.8) is 0 Å². The fraction of sp³-hybridized carbons (Fsp3) is 0.500. The Morgan fingerprint density at radius 3 is 2.86 bits per heavy atom. The second-order valence-corrected chi connectivity index (χ2v) is 5.12. The number of hydrogen-bond acceptors (Lipinski definition) is 5. The molecule has 2 fully saturated rings. The predicted molar refractivity (Wildman–Crippen MR) is 74.6 cm³/mol. The number of benzene rings is 1. The van der Waals surface area contributed by atoms with Gasteiger partial charge in [0.1, 0.15) is 5.82 Å². The number of nitrogens with zero attached hydrogens (tertiary/aromatic N) is 1. The summed E-state index contributed by atoms with van der Waals surface area (Å²) >= 11 is 0. The molecular weight excluding hydrogens is 277 g/mol. The zero-order valence-electron chi connectivity index (χ0n) is 11.8. The molecule has 3 rings (SSSR count). The van der Waals surface area contributed by atoms with E-state index in [1.165, 1.54) is 6.07 Å². The van der Waals surface area contributed by atoms with Gasteiger partial charge < -0.3 is 25.0 Å². The summed E-state index contributed by atoms with van der Waals surface area (Å²) in [6, 6.07) is 4.98. The van der Waals surface area contributed by atoms with Crippen LogP contribution in [0, 0.1) is 5.82 Å². The Morgan fingerprint density at radius 1 is 1.38 bits per heavy atom. The average molecular weight is 295 g/mol. The minimum absolute atomic E-state index is 0.260. The molecule has 0 aromatic heterocycles. The van der Waals surface area contributed by atoms with Gasteiger partial charge in [0.2, 0.25) is 0 Å². The number of carbonyl (C=O) groups excluding carboxylic acids is 1. The van der Waals surface area contributed by atoms with Crippen molar-refractivity contribution in [3.05, 3.63) is 29.6 Å². The smallest absolute Gasteiger partial charge is 0.409 e. The molecule has 7 heteroatoms. The first-order chi connectivity index (χ1) is 10.1. The number of nitrogens with one attached hydrogen (secondary N) is 2. The highest BCUT2D eigenvalue weighted by atomic mass is 19.1. The SMILES string of the molecule is CN(c1ccc(C2CNCCO2)c(F)c1)[C@@H]1CNC(=O)O1. The van der Waals surface area contributed by atoms with Crippen LogP contribution >= 0.6 is 0 Å². The topological polar surface area (TPSA) is 62.8 Å². The van der Waals surface area contributed by atoms with Crippen molar-refractivity contribution < 1.29 is 18.7 Å². The number of amides is 1. The second-order valence-electron chi connectivity index (χ2n) is 5.12. The normalized spacial score (nSPS) is 25.3. The van der Waals surface area contributed by atoms with Crippen LogP contribution in [0.15, 0.2) is 18.2 Å². The zero-order chi connectivity index (χ0) is 14.8. The lowest BCUT2D eigenvalue weighted by Gasteiger charge is -2.27. The molecule has 1 aromatic rings. The summed E-state index contributed by atoms with van der Waals surface area (Å²) in [5, 5.41) is 5.75. The Labute approximate surface area is 122 Å². The molecule has 2 saturated heterocycles. The highest BCUT2D eigenvalue weighted by Crippen LogP contribution is 2.26. The summed E-state index contributed by atoms with van der Waals surface area (Å²) in [6.07, 6.45) is -1.13. The number of ether oxygens (including phenoxy) is 2. The number of likely N-dealkylation sites (N-methyl/N-ethyl adjacent to an activating group) is 1. The van der Waals surface area contributed by atoms with E-state index in [0.29, 0.717) is 30.9 Å². The monoisotopic (exact) mass is 295 g/mol.